The molecule has 2 aromatic rings. The summed E-state index contributed by atoms with van der Waals surface area (Å²) in [5, 5.41) is 1.24. The second kappa shape index (κ2) is 4.23. The summed E-state index contributed by atoms with van der Waals surface area (Å²) in [4.78, 5) is 21.5. The van der Waals surface area contributed by atoms with Gasteiger partial charge < -0.3 is 0 Å². The molecule has 0 unspecified atom stereocenters. The number of pyridine rings is 1. The minimum absolute atomic E-state index is 0.150. The number of hydroxylamine groups is 2. The molecule has 0 N–H and O–H groups in total. The molecule has 1 aliphatic heterocycles. The van der Waals surface area contributed by atoms with E-state index in [1.165, 1.54) is 5.06 Å². The zero-order valence-corrected chi connectivity index (χ0v) is 9.96. The number of fused-ring (bicyclic) bond motifs is 1. The molecule has 90 valence electrons. The number of carbonyl (C=O) groups excluding carboxylic acids is 1. The first-order chi connectivity index (χ1) is 8.75. The number of benzene rings is 1. The Morgan fingerprint density at radius 3 is 2.72 bits per heavy atom. The average Bonchev–Trinajstić information content (AvgIpc) is 2.44. The van der Waals surface area contributed by atoms with Crippen LogP contribution in [0.4, 0.5) is 0 Å². The van der Waals surface area contributed by atoms with Gasteiger partial charge in [0.2, 0.25) is 0 Å². The summed E-state index contributed by atoms with van der Waals surface area (Å²) in [6.07, 6.45) is 0. The van der Waals surface area contributed by atoms with Gasteiger partial charge in [0.25, 0.3) is 5.91 Å². The van der Waals surface area contributed by atoms with Crippen molar-refractivity contribution in [2.45, 2.75) is 6.61 Å². The summed E-state index contributed by atoms with van der Waals surface area (Å²) in [6, 6.07) is 13.6. The van der Waals surface area contributed by atoms with Crippen LogP contribution in [-0.4, -0.2) is 23.0 Å². The molecular weight excluding hydrogens is 228 g/mol. The highest BCUT2D eigenvalue weighted by Crippen LogP contribution is 2.22. The van der Waals surface area contributed by atoms with E-state index in [9.17, 15) is 4.79 Å². The standard InChI is InChI=1S/C14H12N2O2/c1-16-14(17)11-7-8-12(15-13(11)9-18-16)10-5-3-2-4-6-10/h2-8H,9H2,1H3. The van der Waals surface area contributed by atoms with E-state index >= 15 is 0 Å². The molecular formula is C14H12N2O2. The van der Waals surface area contributed by atoms with Gasteiger partial charge >= 0.3 is 0 Å². The van der Waals surface area contributed by atoms with Crippen LogP contribution in [0.15, 0.2) is 42.5 Å². The van der Waals surface area contributed by atoms with E-state index in [1.54, 1.807) is 7.05 Å². The fraction of sp³-hybridized carbons (Fsp3) is 0.143. The topological polar surface area (TPSA) is 42.4 Å². The summed E-state index contributed by atoms with van der Waals surface area (Å²) < 4.78 is 0. The fourth-order valence-electron chi connectivity index (χ4n) is 1.96. The molecule has 18 heavy (non-hydrogen) atoms. The zero-order chi connectivity index (χ0) is 12.5. The normalized spacial score (nSPS) is 14.5. The molecule has 0 bridgehead atoms. The molecule has 4 heteroatoms. The second-order valence-corrected chi connectivity index (χ2v) is 4.13. The maximum atomic E-state index is 11.8. The van der Waals surface area contributed by atoms with E-state index in [4.69, 9.17) is 4.84 Å². The van der Waals surface area contributed by atoms with Gasteiger partial charge in [-0.2, -0.15) is 0 Å². The van der Waals surface area contributed by atoms with Gasteiger partial charge in [0, 0.05) is 12.6 Å². The smallest absolute Gasteiger partial charge is 0.267 e. The molecule has 0 saturated carbocycles. The van der Waals surface area contributed by atoms with Crippen molar-refractivity contribution in [3.8, 4) is 11.3 Å². The van der Waals surface area contributed by atoms with Crippen LogP contribution >= 0.6 is 0 Å². The maximum absolute atomic E-state index is 11.8. The first kappa shape index (κ1) is 10.9. The average molecular weight is 240 g/mol. The van der Waals surface area contributed by atoms with Crippen LogP contribution in [0.5, 0.6) is 0 Å². The minimum Gasteiger partial charge on any atom is -0.267 e. The maximum Gasteiger partial charge on any atom is 0.279 e. The van der Waals surface area contributed by atoms with Crippen LogP contribution in [0, 0.1) is 0 Å². The van der Waals surface area contributed by atoms with E-state index in [1.807, 2.05) is 42.5 Å². The number of hydrogen-bond acceptors (Lipinski definition) is 3. The summed E-state index contributed by atoms with van der Waals surface area (Å²) in [5.74, 6) is -0.150. The van der Waals surface area contributed by atoms with Crippen LogP contribution in [0.1, 0.15) is 16.1 Å². The van der Waals surface area contributed by atoms with Crippen molar-refractivity contribution < 1.29 is 9.63 Å². The van der Waals surface area contributed by atoms with Crippen molar-refractivity contribution >= 4 is 5.91 Å². The molecule has 1 aromatic heterocycles. The first-order valence-electron chi connectivity index (χ1n) is 5.72. The molecule has 1 amide bonds. The third kappa shape index (κ3) is 1.76. The summed E-state index contributed by atoms with van der Waals surface area (Å²) in [6.45, 7) is 0.332. The molecule has 0 saturated heterocycles. The van der Waals surface area contributed by atoms with Crippen molar-refractivity contribution in [1.82, 2.24) is 10.0 Å². The molecule has 1 aliphatic rings. The molecule has 2 heterocycles. The van der Waals surface area contributed by atoms with Crippen molar-refractivity contribution in [1.29, 1.82) is 0 Å². The molecule has 0 spiro atoms. The number of carbonyl (C=O) groups is 1. The first-order valence-corrected chi connectivity index (χ1v) is 5.72. The molecule has 3 rings (SSSR count). The van der Waals surface area contributed by atoms with Gasteiger partial charge in [-0.25, -0.2) is 10.0 Å². The second-order valence-electron chi connectivity index (χ2n) is 4.13. The number of nitrogens with zero attached hydrogens (tertiary/aromatic N) is 2. The highest BCUT2D eigenvalue weighted by atomic mass is 16.7. The zero-order valence-electron chi connectivity index (χ0n) is 9.96. The fourth-order valence-corrected chi connectivity index (χ4v) is 1.96. The van der Waals surface area contributed by atoms with E-state index < -0.39 is 0 Å². The van der Waals surface area contributed by atoms with E-state index in [0.717, 1.165) is 11.3 Å². The monoisotopic (exact) mass is 240 g/mol. The quantitative estimate of drug-likeness (QED) is 0.767. The van der Waals surface area contributed by atoms with Crippen molar-refractivity contribution in [2.75, 3.05) is 7.05 Å². The highest BCUT2D eigenvalue weighted by Gasteiger charge is 2.23. The lowest BCUT2D eigenvalue weighted by Gasteiger charge is -2.23. The number of aromatic nitrogens is 1. The number of amides is 1. The van der Waals surface area contributed by atoms with Crippen molar-refractivity contribution in [3.63, 3.8) is 0 Å². The van der Waals surface area contributed by atoms with Gasteiger partial charge in [0.15, 0.2) is 0 Å². The van der Waals surface area contributed by atoms with Gasteiger partial charge in [-0.05, 0) is 12.1 Å². The lowest BCUT2D eigenvalue weighted by atomic mass is 10.1. The van der Waals surface area contributed by atoms with Crippen molar-refractivity contribution in [3.05, 3.63) is 53.7 Å². The highest BCUT2D eigenvalue weighted by molar-refractivity contribution is 5.95. The van der Waals surface area contributed by atoms with Crippen LogP contribution in [-0.2, 0) is 11.4 Å². The Balaban J connectivity index is 2.05. The van der Waals surface area contributed by atoms with Gasteiger partial charge in [-0.1, -0.05) is 30.3 Å². The Kier molecular flexibility index (Phi) is 2.57. The summed E-state index contributed by atoms with van der Waals surface area (Å²) in [5.41, 5.74) is 3.20. The van der Waals surface area contributed by atoms with E-state index in [-0.39, 0.29) is 5.91 Å². The molecule has 0 radical (unpaired) electrons. The number of rotatable bonds is 1. The molecule has 4 nitrogen and oxygen atoms in total. The Morgan fingerprint density at radius 1 is 1.17 bits per heavy atom. The molecule has 0 atom stereocenters. The lowest BCUT2D eigenvalue weighted by Crippen LogP contribution is -2.32. The molecule has 0 aliphatic carbocycles. The SMILES string of the molecule is CN1OCc2nc(-c3ccccc3)ccc2C1=O. The van der Waals surface area contributed by atoms with Crippen LogP contribution in [0.25, 0.3) is 11.3 Å². The summed E-state index contributed by atoms with van der Waals surface area (Å²) >= 11 is 0. The summed E-state index contributed by atoms with van der Waals surface area (Å²) in [7, 11) is 1.61. The predicted octanol–water partition coefficient (Wildman–Crippen LogP) is 2.27. The largest absolute Gasteiger partial charge is 0.279 e. The third-order valence-corrected chi connectivity index (χ3v) is 2.96. The molecule has 0 fully saturated rings. The Bertz CT molecular complexity index is 596. The molecule has 1 aromatic carbocycles. The van der Waals surface area contributed by atoms with E-state index in [2.05, 4.69) is 4.98 Å². The Labute approximate surface area is 105 Å². The van der Waals surface area contributed by atoms with Crippen LogP contribution < -0.4 is 0 Å². The lowest BCUT2D eigenvalue weighted by molar-refractivity contribution is -0.124. The van der Waals surface area contributed by atoms with Gasteiger partial charge in [0.1, 0.15) is 6.61 Å². The van der Waals surface area contributed by atoms with E-state index in [0.29, 0.717) is 17.9 Å². The number of hydrogen-bond donors (Lipinski definition) is 0. The third-order valence-electron chi connectivity index (χ3n) is 2.96. The Morgan fingerprint density at radius 2 is 1.94 bits per heavy atom. The Hall–Kier alpha value is -2.20. The minimum atomic E-state index is -0.150. The van der Waals surface area contributed by atoms with Crippen LogP contribution in [0.2, 0.25) is 0 Å². The predicted molar refractivity (Wildman–Crippen MR) is 66.6 cm³/mol. The van der Waals surface area contributed by atoms with Crippen LogP contribution in [0.3, 0.4) is 0 Å². The van der Waals surface area contributed by atoms with Gasteiger partial charge in [-0.15, -0.1) is 0 Å². The van der Waals surface area contributed by atoms with Crippen molar-refractivity contribution in [2.24, 2.45) is 0 Å². The van der Waals surface area contributed by atoms with Gasteiger partial charge in [0.05, 0.1) is 17.0 Å². The van der Waals surface area contributed by atoms with Gasteiger partial charge in [-0.3, -0.25) is 9.63 Å².